The predicted molar refractivity (Wildman–Crippen MR) is 117 cm³/mol. The summed E-state index contributed by atoms with van der Waals surface area (Å²) in [6, 6.07) is 17.7. The molecular formula is C26H30N2O2. The molecule has 4 aliphatic carbocycles. The van der Waals surface area contributed by atoms with Crippen molar-refractivity contribution in [2.45, 2.75) is 51.0 Å². The van der Waals surface area contributed by atoms with Gasteiger partial charge in [-0.2, -0.15) is 0 Å². The summed E-state index contributed by atoms with van der Waals surface area (Å²) in [6.07, 6.45) is 7.27. The van der Waals surface area contributed by atoms with Gasteiger partial charge < -0.3 is 11.1 Å². The van der Waals surface area contributed by atoms with Crippen LogP contribution in [0.2, 0.25) is 0 Å². The molecule has 2 aromatic rings. The van der Waals surface area contributed by atoms with Crippen molar-refractivity contribution in [3.05, 3.63) is 60.2 Å². The topological polar surface area (TPSA) is 72.2 Å². The largest absolute Gasteiger partial charge is 0.368 e. The molecule has 4 nitrogen and oxygen atoms in total. The van der Waals surface area contributed by atoms with Crippen molar-refractivity contribution in [3.63, 3.8) is 0 Å². The number of carbonyl (C=O) groups excluding carboxylic acids is 2. The molecule has 3 N–H and O–H groups in total. The molecule has 2 amide bonds. The molecular weight excluding hydrogens is 372 g/mol. The Morgan fingerprint density at radius 2 is 1.40 bits per heavy atom. The summed E-state index contributed by atoms with van der Waals surface area (Å²) in [5.74, 6) is 1.69. The van der Waals surface area contributed by atoms with Crippen LogP contribution in [0.3, 0.4) is 0 Å². The smallest absolute Gasteiger partial charge is 0.240 e. The summed E-state index contributed by atoms with van der Waals surface area (Å²) in [4.78, 5) is 25.5. The first-order valence-electron chi connectivity index (χ1n) is 11.3. The highest BCUT2D eigenvalue weighted by atomic mass is 16.2. The number of hydrogen-bond donors (Lipinski definition) is 2. The average molecular weight is 403 g/mol. The Morgan fingerprint density at radius 1 is 0.867 bits per heavy atom. The first-order chi connectivity index (χ1) is 14.5. The number of nitrogens with one attached hydrogen (secondary N) is 1. The Kier molecular flexibility index (Phi) is 4.88. The summed E-state index contributed by atoms with van der Waals surface area (Å²) in [6.45, 7) is 0. The molecule has 2 aromatic carbocycles. The van der Waals surface area contributed by atoms with Gasteiger partial charge in [-0.1, -0.05) is 54.6 Å². The van der Waals surface area contributed by atoms with Crippen LogP contribution in [-0.2, 0) is 16.0 Å². The minimum absolute atomic E-state index is 0.0614. The summed E-state index contributed by atoms with van der Waals surface area (Å²) < 4.78 is 0. The normalized spacial score (nSPS) is 30.1. The Bertz CT molecular complexity index is 900. The SMILES string of the molecule is NC(=O)[C@@H](Cc1ccc(-c2ccccc2)cc1)NC(=O)C12CC3CC(CC(C3)C1)C2. The second-order valence-corrected chi connectivity index (χ2v) is 9.89. The Morgan fingerprint density at radius 3 is 1.93 bits per heavy atom. The van der Waals surface area contributed by atoms with Gasteiger partial charge in [0.1, 0.15) is 6.04 Å². The van der Waals surface area contributed by atoms with Gasteiger partial charge in [0.05, 0.1) is 0 Å². The molecule has 4 fully saturated rings. The maximum Gasteiger partial charge on any atom is 0.240 e. The van der Waals surface area contributed by atoms with Gasteiger partial charge in [-0.3, -0.25) is 9.59 Å². The van der Waals surface area contributed by atoms with Gasteiger partial charge in [-0.05, 0) is 73.0 Å². The maximum absolute atomic E-state index is 13.3. The lowest BCUT2D eigenvalue weighted by molar-refractivity contribution is -0.148. The minimum atomic E-state index is -0.659. The molecule has 6 rings (SSSR count). The zero-order chi connectivity index (χ0) is 20.7. The molecule has 30 heavy (non-hydrogen) atoms. The number of carbonyl (C=O) groups is 2. The summed E-state index contributed by atoms with van der Waals surface area (Å²) in [7, 11) is 0. The van der Waals surface area contributed by atoms with Crippen molar-refractivity contribution in [2.24, 2.45) is 28.9 Å². The van der Waals surface area contributed by atoms with Crippen molar-refractivity contribution in [1.82, 2.24) is 5.32 Å². The third-order valence-corrected chi connectivity index (χ3v) is 7.67. The van der Waals surface area contributed by atoms with E-state index in [1.54, 1.807) is 0 Å². The van der Waals surface area contributed by atoms with Crippen molar-refractivity contribution in [3.8, 4) is 11.1 Å². The van der Waals surface area contributed by atoms with Crippen LogP contribution < -0.4 is 11.1 Å². The lowest BCUT2D eigenvalue weighted by Gasteiger charge is -2.55. The fraction of sp³-hybridized carbons (Fsp3) is 0.462. The molecule has 0 radical (unpaired) electrons. The third kappa shape index (κ3) is 3.64. The molecule has 0 aliphatic heterocycles. The van der Waals surface area contributed by atoms with Gasteiger partial charge in [0.2, 0.25) is 11.8 Å². The number of nitrogens with two attached hydrogens (primary N) is 1. The van der Waals surface area contributed by atoms with Gasteiger partial charge in [-0.15, -0.1) is 0 Å². The van der Waals surface area contributed by atoms with E-state index in [1.807, 2.05) is 30.3 Å². The predicted octanol–water partition coefficient (Wildman–Crippen LogP) is 4.08. The van der Waals surface area contributed by atoms with Crippen LogP contribution >= 0.6 is 0 Å². The fourth-order valence-electron chi connectivity index (χ4n) is 6.62. The van der Waals surface area contributed by atoms with Crippen molar-refractivity contribution in [2.75, 3.05) is 0 Å². The van der Waals surface area contributed by atoms with Crippen LogP contribution in [0.4, 0.5) is 0 Å². The molecule has 4 heteroatoms. The van der Waals surface area contributed by atoms with Gasteiger partial charge in [-0.25, -0.2) is 0 Å². The summed E-state index contributed by atoms with van der Waals surface area (Å²) in [5, 5.41) is 3.05. The van der Waals surface area contributed by atoms with E-state index in [2.05, 4.69) is 29.6 Å². The van der Waals surface area contributed by atoms with E-state index in [1.165, 1.54) is 19.3 Å². The highest BCUT2D eigenvalue weighted by Gasteiger charge is 2.54. The monoisotopic (exact) mass is 402 g/mol. The van der Waals surface area contributed by atoms with E-state index >= 15 is 0 Å². The first-order valence-corrected chi connectivity index (χ1v) is 11.3. The van der Waals surface area contributed by atoms with Crippen LogP contribution in [0, 0.1) is 23.2 Å². The number of hydrogen-bond acceptors (Lipinski definition) is 2. The molecule has 4 saturated carbocycles. The van der Waals surface area contributed by atoms with Gasteiger partial charge in [0.15, 0.2) is 0 Å². The number of amides is 2. The molecule has 0 aromatic heterocycles. The van der Waals surface area contributed by atoms with Crippen LogP contribution in [0.25, 0.3) is 11.1 Å². The zero-order valence-electron chi connectivity index (χ0n) is 17.3. The molecule has 0 heterocycles. The number of rotatable bonds is 6. The van der Waals surface area contributed by atoms with E-state index in [0.29, 0.717) is 24.2 Å². The molecule has 4 aliphatic rings. The van der Waals surface area contributed by atoms with E-state index in [4.69, 9.17) is 5.73 Å². The van der Waals surface area contributed by atoms with Crippen molar-refractivity contribution < 1.29 is 9.59 Å². The molecule has 0 unspecified atom stereocenters. The second-order valence-electron chi connectivity index (χ2n) is 9.89. The lowest BCUT2D eigenvalue weighted by Crippen LogP contribution is -2.57. The van der Waals surface area contributed by atoms with Gasteiger partial charge in [0, 0.05) is 11.8 Å². The van der Waals surface area contributed by atoms with Crippen molar-refractivity contribution >= 4 is 11.8 Å². The highest BCUT2D eigenvalue weighted by molar-refractivity contribution is 5.90. The zero-order valence-corrected chi connectivity index (χ0v) is 17.3. The van der Waals surface area contributed by atoms with Crippen LogP contribution in [-0.4, -0.2) is 17.9 Å². The molecule has 156 valence electrons. The van der Waals surface area contributed by atoms with Gasteiger partial charge in [0.25, 0.3) is 0 Å². The van der Waals surface area contributed by atoms with Crippen LogP contribution in [0.5, 0.6) is 0 Å². The van der Waals surface area contributed by atoms with E-state index in [9.17, 15) is 9.59 Å². The second kappa shape index (κ2) is 7.57. The summed E-state index contributed by atoms with van der Waals surface area (Å²) in [5.41, 5.74) is 8.72. The summed E-state index contributed by atoms with van der Waals surface area (Å²) >= 11 is 0. The number of benzene rings is 2. The highest BCUT2D eigenvalue weighted by Crippen LogP contribution is 2.60. The fourth-order valence-corrected chi connectivity index (χ4v) is 6.62. The van der Waals surface area contributed by atoms with Crippen molar-refractivity contribution in [1.29, 1.82) is 0 Å². The Labute approximate surface area is 178 Å². The molecule has 4 bridgehead atoms. The van der Waals surface area contributed by atoms with E-state index in [0.717, 1.165) is 36.0 Å². The quantitative estimate of drug-likeness (QED) is 0.764. The first kappa shape index (κ1) is 19.3. The van der Waals surface area contributed by atoms with Crippen LogP contribution in [0.15, 0.2) is 54.6 Å². The van der Waals surface area contributed by atoms with Crippen LogP contribution in [0.1, 0.15) is 44.1 Å². The molecule has 0 spiro atoms. The minimum Gasteiger partial charge on any atom is -0.368 e. The van der Waals surface area contributed by atoms with Gasteiger partial charge >= 0.3 is 0 Å². The average Bonchev–Trinajstić information content (AvgIpc) is 2.73. The van der Waals surface area contributed by atoms with E-state index < -0.39 is 11.9 Å². The lowest BCUT2D eigenvalue weighted by atomic mass is 9.49. The van der Waals surface area contributed by atoms with E-state index in [-0.39, 0.29) is 11.3 Å². The Balaban J connectivity index is 1.28. The third-order valence-electron chi connectivity index (χ3n) is 7.67. The Hall–Kier alpha value is -2.62. The number of primary amides is 1. The molecule has 1 atom stereocenters. The molecule has 0 saturated heterocycles. The standard InChI is InChI=1S/C26H30N2O2/c27-24(29)23(13-17-6-8-22(9-7-17)21-4-2-1-3-5-21)28-25(30)26-14-18-10-19(15-26)12-20(11-18)16-26/h1-9,18-20,23H,10-16H2,(H2,27,29)(H,28,30)/t18?,19?,20?,23-,26?/m1/s1. The maximum atomic E-state index is 13.3.